The Labute approximate surface area is 62.3 Å². The highest BCUT2D eigenvalue weighted by molar-refractivity contribution is 5.90. The highest BCUT2D eigenvalue weighted by atomic mass is 16.1. The number of hydrogen-bond acceptors (Lipinski definition) is 2. The van der Waals surface area contributed by atoms with Gasteiger partial charge in [0.1, 0.15) is 0 Å². The van der Waals surface area contributed by atoms with Crippen molar-refractivity contribution < 1.29 is 4.79 Å². The van der Waals surface area contributed by atoms with E-state index in [-0.39, 0.29) is 5.78 Å². The van der Waals surface area contributed by atoms with E-state index >= 15 is 0 Å². The number of unbranched alkanes of at least 4 members (excludes halogenated alkanes) is 1. The van der Waals surface area contributed by atoms with Crippen molar-refractivity contribution in [3.05, 3.63) is 12.7 Å². The van der Waals surface area contributed by atoms with E-state index in [1.807, 2.05) is 0 Å². The van der Waals surface area contributed by atoms with Gasteiger partial charge in [-0.05, 0) is 19.0 Å². The van der Waals surface area contributed by atoms with Crippen LogP contribution in [0.5, 0.6) is 0 Å². The predicted molar refractivity (Wildman–Crippen MR) is 43.0 cm³/mol. The van der Waals surface area contributed by atoms with Gasteiger partial charge in [-0.25, -0.2) is 0 Å². The van der Waals surface area contributed by atoms with Crippen LogP contribution in [0.2, 0.25) is 0 Å². The van der Waals surface area contributed by atoms with E-state index < -0.39 is 0 Å². The lowest BCUT2D eigenvalue weighted by molar-refractivity contribution is -0.113. The van der Waals surface area contributed by atoms with Crippen molar-refractivity contribution in [2.45, 2.75) is 19.8 Å². The van der Waals surface area contributed by atoms with E-state index in [1.165, 1.54) is 6.08 Å². The summed E-state index contributed by atoms with van der Waals surface area (Å²) in [6.45, 7) is 6.85. The Morgan fingerprint density at radius 1 is 1.70 bits per heavy atom. The van der Waals surface area contributed by atoms with Gasteiger partial charge < -0.3 is 5.32 Å². The third kappa shape index (κ3) is 5.51. The summed E-state index contributed by atoms with van der Waals surface area (Å²) in [5.74, 6) is 0.0658. The van der Waals surface area contributed by atoms with Gasteiger partial charge in [-0.15, -0.1) is 0 Å². The van der Waals surface area contributed by atoms with E-state index in [0.717, 1.165) is 19.4 Å². The van der Waals surface area contributed by atoms with Crippen LogP contribution < -0.4 is 5.32 Å². The zero-order valence-electron chi connectivity index (χ0n) is 6.52. The summed E-state index contributed by atoms with van der Waals surface area (Å²) in [6, 6.07) is 0. The molecule has 0 fully saturated rings. The average molecular weight is 141 g/mol. The molecule has 0 amide bonds. The Bertz CT molecular complexity index is 110. The topological polar surface area (TPSA) is 29.1 Å². The van der Waals surface area contributed by atoms with Gasteiger partial charge in [-0.1, -0.05) is 19.9 Å². The van der Waals surface area contributed by atoms with Crippen molar-refractivity contribution in [3.8, 4) is 0 Å². The van der Waals surface area contributed by atoms with Gasteiger partial charge in [0.2, 0.25) is 0 Å². The molecular formula is C8H15NO. The van der Waals surface area contributed by atoms with Crippen molar-refractivity contribution in [2.75, 3.05) is 13.1 Å². The molecule has 0 aromatic carbocycles. The van der Waals surface area contributed by atoms with E-state index in [1.54, 1.807) is 0 Å². The molecule has 10 heavy (non-hydrogen) atoms. The minimum atomic E-state index is 0.0658. The Morgan fingerprint density at radius 3 is 2.90 bits per heavy atom. The summed E-state index contributed by atoms with van der Waals surface area (Å²) >= 11 is 0. The standard InChI is InChI=1S/C8H15NO/c1-3-5-6-9-7-8(10)4-2/h4,9H,2-3,5-7H2,1H3. The summed E-state index contributed by atoms with van der Waals surface area (Å²) in [5, 5.41) is 3.02. The summed E-state index contributed by atoms with van der Waals surface area (Å²) in [7, 11) is 0. The molecule has 0 radical (unpaired) electrons. The molecule has 0 rings (SSSR count). The number of rotatable bonds is 6. The Hall–Kier alpha value is -0.630. The lowest BCUT2D eigenvalue weighted by atomic mass is 10.3. The Balaban J connectivity index is 3.03. The molecule has 0 aromatic rings. The van der Waals surface area contributed by atoms with Crippen LogP contribution in [-0.2, 0) is 4.79 Å². The molecule has 58 valence electrons. The highest BCUT2D eigenvalue weighted by Gasteiger charge is 1.91. The van der Waals surface area contributed by atoms with Crippen LogP contribution in [0.15, 0.2) is 12.7 Å². The first-order valence-electron chi connectivity index (χ1n) is 3.67. The SMILES string of the molecule is C=CC(=O)CNCCCC. The van der Waals surface area contributed by atoms with Gasteiger partial charge in [-0.3, -0.25) is 4.79 Å². The first-order valence-corrected chi connectivity index (χ1v) is 3.67. The van der Waals surface area contributed by atoms with Crippen molar-refractivity contribution in [1.82, 2.24) is 5.32 Å². The number of carbonyl (C=O) groups excluding carboxylic acids is 1. The average Bonchev–Trinajstić information content (AvgIpc) is 1.98. The summed E-state index contributed by atoms with van der Waals surface area (Å²) < 4.78 is 0. The van der Waals surface area contributed by atoms with E-state index in [9.17, 15) is 4.79 Å². The second-order valence-corrected chi connectivity index (χ2v) is 2.20. The van der Waals surface area contributed by atoms with Crippen molar-refractivity contribution in [2.24, 2.45) is 0 Å². The molecule has 0 aliphatic rings. The largest absolute Gasteiger partial charge is 0.310 e. The number of ketones is 1. The summed E-state index contributed by atoms with van der Waals surface area (Å²) in [6.07, 6.45) is 3.64. The molecule has 0 unspecified atom stereocenters. The maximum Gasteiger partial charge on any atom is 0.168 e. The van der Waals surface area contributed by atoms with Gasteiger partial charge in [-0.2, -0.15) is 0 Å². The van der Waals surface area contributed by atoms with Crippen LogP contribution in [0.4, 0.5) is 0 Å². The lowest BCUT2D eigenvalue weighted by Gasteiger charge is -1.98. The molecule has 0 bridgehead atoms. The Morgan fingerprint density at radius 2 is 2.40 bits per heavy atom. The lowest BCUT2D eigenvalue weighted by Crippen LogP contribution is -2.22. The molecule has 0 aliphatic carbocycles. The third-order valence-electron chi connectivity index (χ3n) is 1.23. The van der Waals surface area contributed by atoms with E-state index in [4.69, 9.17) is 0 Å². The fourth-order valence-corrected chi connectivity index (χ4v) is 0.586. The summed E-state index contributed by atoms with van der Waals surface area (Å²) in [5.41, 5.74) is 0. The molecule has 0 spiro atoms. The van der Waals surface area contributed by atoms with Crippen LogP contribution in [0.3, 0.4) is 0 Å². The quantitative estimate of drug-likeness (QED) is 0.444. The summed E-state index contributed by atoms with van der Waals surface area (Å²) in [4.78, 5) is 10.6. The molecular weight excluding hydrogens is 126 g/mol. The van der Waals surface area contributed by atoms with Crippen molar-refractivity contribution >= 4 is 5.78 Å². The predicted octanol–water partition coefficient (Wildman–Crippen LogP) is 1.13. The first-order chi connectivity index (χ1) is 4.81. The van der Waals surface area contributed by atoms with Gasteiger partial charge >= 0.3 is 0 Å². The Kier molecular flexibility index (Phi) is 6.08. The molecule has 2 heteroatoms. The second-order valence-electron chi connectivity index (χ2n) is 2.20. The monoisotopic (exact) mass is 141 g/mol. The fourth-order valence-electron chi connectivity index (χ4n) is 0.586. The molecule has 0 aromatic heterocycles. The number of hydrogen-bond donors (Lipinski definition) is 1. The normalized spacial score (nSPS) is 9.30. The van der Waals surface area contributed by atoms with Gasteiger partial charge in [0.05, 0.1) is 6.54 Å². The molecule has 0 aliphatic heterocycles. The van der Waals surface area contributed by atoms with E-state index in [2.05, 4.69) is 18.8 Å². The first kappa shape index (κ1) is 9.37. The highest BCUT2D eigenvalue weighted by Crippen LogP contribution is 1.81. The van der Waals surface area contributed by atoms with Crippen LogP contribution in [0.1, 0.15) is 19.8 Å². The molecule has 0 saturated heterocycles. The molecule has 0 atom stereocenters. The van der Waals surface area contributed by atoms with Crippen LogP contribution >= 0.6 is 0 Å². The number of nitrogens with one attached hydrogen (secondary N) is 1. The van der Waals surface area contributed by atoms with Crippen LogP contribution in [0.25, 0.3) is 0 Å². The fraction of sp³-hybridized carbons (Fsp3) is 0.625. The minimum Gasteiger partial charge on any atom is -0.310 e. The number of carbonyl (C=O) groups is 1. The van der Waals surface area contributed by atoms with Gasteiger partial charge in [0.25, 0.3) is 0 Å². The minimum absolute atomic E-state index is 0.0658. The second kappa shape index (κ2) is 6.49. The van der Waals surface area contributed by atoms with Crippen molar-refractivity contribution in [1.29, 1.82) is 0 Å². The van der Waals surface area contributed by atoms with Crippen LogP contribution in [0, 0.1) is 0 Å². The molecule has 0 saturated carbocycles. The van der Waals surface area contributed by atoms with E-state index in [0.29, 0.717) is 6.54 Å². The molecule has 2 nitrogen and oxygen atoms in total. The van der Waals surface area contributed by atoms with Gasteiger partial charge in [0.15, 0.2) is 5.78 Å². The van der Waals surface area contributed by atoms with Crippen LogP contribution in [-0.4, -0.2) is 18.9 Å². The molecule has 1 N–H and O–H groups in total. The smallest absolute Gasteiger partial charge is 0.168 e. The van der Waals surface area contributed by atoms with Crippen molar-refractivity contribution in [3.63, 3.8) is 0 Å². The molecule has 0 heterocycles. The van der Waals surface area contributed by atoms with Gasteiger partial charge in [0, 0.05) is 0 Å². The maximum absolute atomic E-state index is 10.6. The zero-order valence-corrected chi connectivity index (χ0v) is 6.52. The maximum atomic E-state index is 10.6. The third-order valence-corrected chi connectivity index (χ3v) is 1.23. The zero-order chi connectivity index (χ0) is 7.82.